The number of pyridine rings is 1. The second-order valence-corrected chi connectivity index (χ2v) is 3.22. The normalized spacial score (nSPS) is 10.4. The highest BCUT2D eigenvalue weighted by Crippen LogP contribution is 2.22. The minimum absolute atomic E-state index is 0.0721. The maximum Gasteiger partial charge on any atom is 0.338 e. The Morgan fingerprint density at radius 2 is 2.25 bits per heavy atom. The highest BCUT2D eigenvalue weighted by molar-refractivity contribution is 6.04. The minimum Gasteiger partial charge on any atom is -0.465 e. The molecule has 2 rings (SSSR count). The predicted octanol–water partition coefficient (Wildman–Crippen LogP) is 1.74. The van der Waals surface area contributed by atoms with E-state index in [0.29, 0.717) is 5.39 Å². The van der Waals surface area contributed by atoms with Gasteiger partial charge in [0.15, 0.2) is 0 Å². The lowest BCUT2D eigenvalue weighted by Crippen LogP contribution is -2.05. The van der Waals surface area contributed by atoms with Gasteiger partial charge in [0.05, 0.1) is 12.7 Å². The van der Waals surface area contributed by atoms with Gasteiger partial charge in [0.25, 0.3) is 0 Å². The van der Waals surface area contributed by atoms with Crippen molar-refractivity contribution in [2.45, 2.75) is 0 Å². The topological polar surface area (TPSA) is 65.2 Å². The van der Waals surface area contributed by atoms with Gasteiger partial charge in [-0.15, -0.1) is 0 Å². The van der Waals surface area contributed by atoms with Crippen molar-refractivity contribution in [3.05, 3.63) is 35.6 Å². The number of hydrogen-bond acceptors (Lipinski definition) is 4. The van der Waals surface area contributed by atoms with Crippen LogP contribution in [0.2, 0.25) is 0 Å². The van der Waals surface area contributed by atoms with Gasteiger partial charge in [-0.2, -0.15) is 0 Å². The van der Waals surface area contributed by atoms with Crippen molar-refractivity contribution in [3.8, 4) is 0 Å². The van der Waals surface area contributed by atoms with Gasteiger partial charge >= 0.3 is 5.97 Å². The zero-order valence-corrected chi connectivity index (χ0v) is 8.53. The molecule has 0 amide bonds. The molecule has 16 heavy (non-hydrogen) atoms. The zero-order valence-electron chi connectivity index (χ0n) is 8.53. The van der Waals surface area contributed by atoms with Gasteiger partial charge in [0.1, 0.15) is 17.2 Å². The smallest absolute Gasteiger partial charge is 0.338 e. The maximum atomic E-state index is 13.4. The van der Waals surface area contributed by atoms with Crippen LogP contribution in [0.3, 0.4) is 0 Å². The molecule has 1 aromatic carbocycles. The number of methoxy groups -OCH3 is 1. The number of anilines is 1. The van der Waals surface area contributed by atoms with Crippen LogP contribution < -0.4 is 5.73 Å². The SMILES string of the molecule is COC(=O)c1cc(N)nc2c(F)cccc12. The second-order valence-electron chi connectivity index (χ2n) is 3.22. The van der Waals surface area contributed by atoms with Crippen LogP contribution in [0.15, 0.2) is 24.3 Å². The quantitative estimate of drug-likeness (QED) is 0.743. The van der Waals surface area contributed by atoms with E-state index < -0.39 is 11.8 Å². The predicted molar refractivity (Wildman–Crippen MR) is 57.5 cm³/mol. The fourth-order valence-electron chi connectivity index (χ4n) is 1.51. The molecular formula is C11H9FN2O2. The van der Waals surface area contributed by atoms with E-state index in [0.717, 1.165) is 0 Å². The number of nitrogens with zero attached hydrogens (tertiary/aromatic N) is 1. The highest BCUT2D eigenvalue weighted by Gasteiger charge is 2.14. The molecule has 0 aliphatic heterocycles. The van der Waals surface area contributed by atoms with Crippen molar-refractivity contribution in [3.63, 3.8) is 0 Å². The van der Waals surface area contributed by atoms with E-state index in [9.17, 15) is 9.18 Å². The van der Waals surface area contributed by atoms with Crippen LogP contribution in [0.5, 0.6) is 0 Å². The monoisotopic (exact) mass is 220 g/mol. The molecule has 1 aromatic heterocycles. The van der Waals surface area contributed by atoms with E-state index in [1.54, 1.807) is 6.07 Å². The highest BCUT2D eigenvalue weighted by atomic mass is 19.1. The molecule has 0 saturated heterocycles. The van der Waals surface area contributed by atoms with Crippen molar-refractivity contribution in [2.24, 2.45) is 0 Å². The first-order chi connectivity index (χ1) is 7.63. The Labute approximate surface area is 90.8 Å². The van der Waals surface area contributed by atoms with Crippen LogP contribution >= 0.6 is 0 Å². The molecule has 0 atom stereocenters. The van der Waals surface area contributed by atoms with Gasteiger partial charge in [-0.1, -0.05) is 12.1 Å². The number of nitrogens with two attached hydrogens (primary N) is 1. The number of para-hydroxylation sites is 1. The number of esters is 1. The molecule has 0 radical (unpaired) electrons. The summed E-state index contributed by atoms with van der Waals surface area (Å²) in [5.41, 5.74) is 5.79. The van der Waals surface area contributed by atoms with Crippen molar-refractivity contribution in [1.29, 1.82) is 0 Å². The molecule has 0 fully saturated rings. The summed E-state index contributed by atoms with van der Waals surface area (Å²) in [6, 6.07) is 5.72. The molecule has 4 nitrogen and oxygen atoms in total. The molecule has 0 spiro atoms. The van der Waals surface area contributed by atoms with Crippen LogP contribution in [0.4, 0.5) is 10.2 Å². The van der Waals surface area contributed by atoms with E-state index in [-0.39, 0.29) is 16.9 Å². The van der Waals surface area contributed by atoms with Crippen LogP contribution in [0.1, 0.15) is 10.4 Å². The first-order valence-electron chi connectivity index (χ1n) is 4.56. The summed E-state index contributed by atoms with van der Waals surface area (Å²) >= 11 is 0. The number of fused-ring (bicyclic) bond motifs is 1. The summed E-state index contributed by atoms with van der Waals surface area (Å²) in [5, 5.41) is 0.390. The number of nitrogen functional groups attached to an aromatic ring is 1. The lowest BCUT2D eigenvalue weighted by molar-refractivity contribution is 0.0603. The molecule has 5 heteroatoms. The van der Waals surface area contributed by atoms with Crippen molar-refractivity contribution >= 4 is 22.7 Å². The van der Waals surface area contributed by atoms with Crippen LogP contribution in [0, 0.1) is 5.82 Å². The van der Waals surface area contributed by atoms with Gasteiger partial charge in [0.2, 0.25) is 0 Å². The number of ether oxygens (including phenoxy) is 1. The van der Waals surface area contributed by atoms with Crippen LogP contribution in [-0.4, -0.2) is 18.1 Å². The zero-order chi connectivity index (χ0) is 11.7. The molecule has 0 aliphatic carbocycles. The second kappa shape index (κ2) is 3.77. The fraction of sp³-hybridized carbons (Fsp3) is 0.0909. The van der Waals surface area contributed by atoms with E-state index in [4.69, 9.17) is 5.73 Å². The van der Waals surface area contributed by atoms with Gasteiger partial charge < -0.3 is 10.5 Å². The number of benzene rings is 1. The van der Waals surface area contributed by atoms with Gasteiger partial charge in [-0.3, -0.25) is 0 Å². The lowest BCUT2D eigenvalue weighted by atomic mass is 10.1. The number of rotatable bonds is 1. The summed E-state index contributed by atoms with van der Waals surface area (Å²) in [5.74, 6) is -1.00. The van der Waals surface area contributed by atoms with E-state index in [1.165, 1.54) is 25.3 Å². The third-order valence-corrected chi connectivity index (χ3v) is 2.22. The average Bonchev–Trinajstić information content (AvgIpc) is 2.28. The summed E-state index contributed by atoms with van der Waals surface area (Å²) in [7, 11) is 1.25. The number of halogens is 1. The largest absolute Gasteiger partial charge is 0.465 e. The molecule has 2 N–H and O–H groups in total. The van der Waals surface area contributed by atoms with Crippen molar-refractivity contribution in [1.82, 2.24) is 4.98 Å². The molecule has 0 unspecified atom stereocenters. The standard InChI is InChI=1S/C11H9FN2O2/c1-16-11(15)7-5-9(13)14-10-6(7)3-2-4-8(10)12/h2-5H,1H3,(H2,13,14). The van der Waals surface area contributed by atoms with Crippen molar-refractivity contribution in [2.75, 3.05) is 12.8 Å². The summed E-state index contributed by atoms with van der Waals surface area (Å²) in [6.07, 6.45) is 0. The lowest BCUT2D eigenvalue weighted by Gasteiger charge is -2.06. The molecular weight excluding hydrogens is 211 g/mol. The minimum atomic E-state index is -0.565. The third kappa shape index (κ3) is 1.56. The molecule has 82 valence electrons. The molecule has 0 saturated carbocycles. The number of hydrogen-bond donors (Lipinski definition) is 1. The van der Waals surface area contributed by atoms with Crippen LogP contribution in [0.25, 0.3) is 10.9 Å². The average molecular weight is 220 g/mol. The number of aromatic nitrogens is 1. The Hall–Kier alpha value is -2.17. The Bertz CT molecular complexity index is 569. The summed E-state index contributed by atoms with van der Waals surface area (Å²) in [6.45, 7) is 0. The molecule has 0 aliphatic rings. The summed E-state index contributed by atoms with van der Waals surface area (Å²) in [4.78, 5) is 15.3. The van der Waals surface area contributed by atoms with E-state index in [1.807, 2.05) is 0 Å². The molecule has 2 aromatic rings. The maximum absolute atomic E-state index is 13.4. The van der Waals surface area contributed by atoms with Crippen molar-refractivity contribution < 1.29 is 13.9 Å². The van der Waals surface area contributed by atoms with Gasteiger partial charge in [0, 0.05) is 5.39 Å². The first-order valence-corrected chi connectivity index (χ1v) is 4.56. The van der Waals surface area contributed by atoms with E-state index in [2.05, 4.69) is 9.72 Å². The van der Waals surface area contributed by atoms with E-state index >= 15 is 0 Å². The summed E-state index contributed by atoms with van der Waals surface area (Å²) < 4.78 is 18.0. The van der Waals surface area contributed by atoms with Gasteiger partial charge in [-0.25, -0.2) is 14.2 Å². The molecule has 0 bridgehead atoms. The van der Waals surface area contributed by atoms with Gasteiger partial charge in [-0.05, 0) is 12.1 Å². The fourth-order valence-corrected chi connectivity index (χ4v) is 1.51. The van der Waals surface area contributed by atoms with Crippen LogP contribution in [-0.2, 0) is 4.74 Å². The Balaban J connectivity index is 2.83. The first kappa shape index (κ1) is 10.4. The molecule has 1 heterocycles. The Kier molecular flexibility index (Phi) is 2.44. The number of carbonyl (C=O) groups excluding carboxylic acids is 1. The third-order valence-electron chi connectivity index (χ3n) is 2.22. The number of carbonyl (C=O) groups is 1. The Morgan fingerprint density at radius 1 is 1.50 bits per heavy atom. The Morgan fingerprint density at radius 3 is 2.94 bits per heavy atom.